The summed E-state index contributed by atoms with van der Waals surface area (Å²) in [6.07, 6.45) is 3.79. The SMILES string of the molecule is CCC1(C)CC(NC2CC2NC(=O)OC(C)(C)C)CCO1. The molecule has 2 N–H and O–H groups in total. The van der Waals surface area contributed by atoms with Crippen molar-refractivity contribution in [2.75, 3.05) is 6.61 Å². The standard InChI is InChI=1S/C16H30N2O3/c1-6-16(5)10-11(7-8-20-16)17-12-9-13(12)18-14(19)21-15(2,3)4/h11-13,17H,6-10H2,1-5H3,(H,18,19). The van der Waals surface area contributed by atoms with Crippen molar-refractivity contribution in [1.29, 1.82) is 0 Å². The maximum absolute atomic E-state index is 11.7. The highest BCUT2D eigenvalue weighted by atomic mass is 16.6. The molecule has 0 radical (unpaired) electrons. The zero-order chi connectivity index (χ0) is 15.7. The van der Waals surface area contributed by atoms with Crippen LogP contribution in [0.4, 0.5) is 4.79 Å². The number of ether oxygens (including phenoxy) is 2. The van der Waals surface area contributed by atoms with E-state index in [1.807, 2.05) is 20.8 Å². The fraction of sp³-hybridized carbons (Fsp3) is 0.938. The van der Waals surface area contributed by atoms with Crippen LogP contribution in [0.3, 0.4) is 0 Å². The van der Waals surface area contributed by atoms with Crippen LogP contribution in [0.2, 0.25) is 0 Å². The zero-order valence-corrected chi connectivity index (χ0v) is 14.0. The quantitative estimate of drug-likeness (QED) is 0.837. The van der Waals surface area contributed by atoms with Gasteiger partial charge in [-0.3, -0.25) is 0 Å². The molecule has 1 amide bonds. The van der Waals surface area contributed by atoms with Crippen LogP contribution in [0.15, 0.2) is 0 Å². The lowest BCUT2D eigenvalue weighted by Crippen LogP contribution is -2.47. The number of hydrogen-bond donors (Lipinski definition) is 2. The van der Waals surface area contributed by atoms with Crippen LogP contribution in [0, 0.1) is 0 Å². The topological polar surface area (TPSA) is 59.6 Å². The van der Waals surface area contributed by atoms with Crippen molar-refractivity contribution < 1.29 is 14.3 Å². The summed E-state index contributed by atoms with van der Waals surface area (Å²) in [5.41, 5.74) is -0.440. The second-order valence-corrected chi connectivity index (χ2v) is 7.60. The van der Waals surface area contributed by atoms with Crippen LogP contribution < -0.4 is 10.6 Å². The van der Waals surface area contributed by atoms with Crippen LogP contribution in [0.5, 0.6) is 0 Å². The molecule has 21 heavy (non-hydrogen) atoms. The number of hydrogen-bond acceptors (Lipinski definition) is 4. The molecule has 4 atom stereocenters. The Bertz CT molecular complexity index is 380. The molecule has 1 aliphatic carbocycles. The Balaban J connectivity index is 1.71. The van der Waals surface area contributed by atoms with Gasteiger partial charge in [-0.15, -0.1) is 0 Å². The molecule has 1 aliphatic heterocycles. The minimum Gasteiger partial charge on any atom is -0.444 e. The molecule has 0 aromatic carbocycles. The summed E-state index contributed by atoms with van der Waals surface area (Å²) >= 11 is 0. The molecule has 5 heteroatoms. The summed E-state index contributed by atoms with van der Waals surface area (Å²) in [7, 11) is 0. The van der Waals surface area contributed by atoms with Crippen molar-refractivity contribution in [3.8, 4) is 0 Å². The first kappa shape index (κ1) is 16.6. The minimum absolute atomic E-state index is 0.00109. The van der Waals surface area contributed by atoms with Gasteiger partial charge < -0.3 is 20.1 Å². The number of amides is 1. The van der Waals surface area contributed by atoms with Crippen LogP contribution in [-0.4, -0.2) is 42.0 Å². The molecule has 0 spiro atoms. The van der Waals surface area contributed by atoms with E-state index in [9.17, 15) is 4.79 Å². The first-order chi connectivity index (χ1) is 9.71. The van der Waals surface area contributed by atoms with Crippen molar-refractivity contribution in [1.82, 2.24) is 10.6 Å². The molecule has 0 aromatic rings. The summed E-state index contributed by atoms with van der Waals surface area (Å²) in [4.78, 5) is 11.7. The summed E-state index contributed by atoms with van der Waals surface area (Å²) < 4.78 is 11.1. The molecule has 5 nitrogen and oxygen atoms in total. The monoisotopic (exact) mass is 298 g/mol. The lowest BCUT2D eigenvalue weighted by molar-refractivity contribution is -0.0782. The largest absolute Gasteiger partial charge is 0.444 e. The van der Waals surface area contributed by atoms with Gasteiger partial charge in [-0.2, -0.15) is 0 Å². The van der Waals surface area contributed by atoms with Crippen molar-refractivity contribution in [2.45, 2.75) is 89.6 Å². The average molecular weight is 298 g/mol. The Morgan fingerprint density at radius 3 is 2.71 bits per heavy atom. The number of carbonyl (C=O) groups excluding carboxylic acids is 1. The van der Waals surface area contributed by atoms with Gasteiger partial charge in [0.1, 0.15) is 5.60 Å². The Labute approximate surface area is 128 Å². The number of alkyl carbamates (subject to hydrolysis) is 1. The molecule has 0 bridgehead atoms. The highest BCUT2D eigenvalue weighted by molar-refractivity contribution is 5.68. The maximum atomic E-state index is 11.7. The molecule has 122 valence electrons. The van der Waals surface area contributed by atoms with E-state index < -0.39 is 5.60 Å². The van der Waals surface area contributed by atoms with Crippen molar-refractivity contribution >= 4 is 6.09 Å². The predicted octanol–water partition coefficient (Wildman–Crippen LogP) is 2.59. The molecule has 1 saturated heterocycles. The Morgan fingerprint density at radius 1 is 1.38 bits per heavy atom. The first-order valence-electron chi connectivity index (χ1n) is 8.10. The van der Waals surface area contributed by atoms with Crippen LogP contribution in [0.1, 0.15) is 60.3 Å². The van der Waals surface area contributed by atoms with Gasteiger partial charge in [0.2, 0.25) is 0 Å². The lowest BCUT2D eigenvalue weighted by atomic mass is 9.90. The van der Waals surface area contributed by atoms with Crippen molar-refractivity contribution in [3.05, 3.63) is 0 Å². The predicted molar refractivity (Wildman–Crippen MR) is 82.4 cm³/mol. The van der Waals surface area contributed by atoms with E-state index in [4.69, 9.17) is 9.47 Å². The Morgan fingerprint density at radius 2 is 2.10 bits per heavy atom. The fourth-order valence-electron chi connectivity index (χ4n) is 2.82. The zero-order valence-electron chi connectivity index (χ0n) is 14.0. The van der Waals surface area contributed by atoms with E-state index in [2.05, 4.69) is 24.5 Å². The van der Waals surface area contributed by atoms with Gasteiger partial charge in [-0.25, -0.2) is 4.79 Å². The second kappa shape index (κ2) is 6.13. The molecule has 4 unspecified atom stereocenters. The van der Waals surface area contributed by atoms with Gasteiger partial charge in [-0.05, 0) is 53.4 Å². The lowest BCUT2D eigenvalue weighted by Gasteiger charge is -2.38. The van der Waals surface area contributed by atoms with Crippen LogP contribution in [0.25, 0.3) is 0 Å². The van der Waals surface area contributed by atoms with Gasteiger partial charge in [0.25, 0.3) is 0 Å². The minimum atomic E-state index is -0.439. The van der Waals surface area contributed by atoms with Crippen LogP contribution in [-0.2, 0) is 9.47 Å². The van der Waals surface area contributed by atoms with E-state index in [1.54, 1.807) is 0 Å². The van der Waals surface area contributed by atoms with Gasteiger partial charge in [0.05, 0.1) is 5.60 Å². The molecule has 0 aromatic heterocycles. The van der Waals surface area contributed by atoms with E-state index >= 15 is 0 Å². The average Bonchev–Trinajstić information content (AvgIpc) is 3.04. The molecule has 1 saturated carbocycles. The molecule has 2 fully saturated rings. The normalized spacial score (nSPS) is 36.1. The second-order valence-electron chi connectivity index (χ2n) is 7.60. The van der Waals surface area contributed by atoms with Crippen molar-refractivity contribution in [3.63, 3.8) is 0 Å². The van der Waals surface area contributed by atoms with Crippen molar-refractivity contribution in [2.24, 2.45) is 0 Å². The Hall–Kier alpha value is -0.810. The maximum Gasteiger partial charge on any atom is 0.407 e. The summed E-state index contributed by atoms with van der Waals surface area (Å²) in [5.74, 6) is 0. The number of nitrogens with one attached hydrogen (secondary N) is 2. The molecule has 2 aliphatic rings. The highest BCUT2D eigenvalue weighted by Gasteiger charge is 2.42. The molecule has 2 rings (SSSR count). The van der Waals surface area contributed by atoms with Gasteiger partial charge in [0, 0.05) is 24.7 Å². The fourth-order valence-corrected chi connectivity index (χ4v) is 2.82. The number of rotatable bonds is 4. The summed E-state index contributed by atoms with van der Waals surface area (Å²) in [6.45, 7) is 10.8. The highest BCUT2D eigenvalue weighted by Crippen LogP contribution is 2.30. The van der Waals surface area contributed by atoms with Gasteiger partial charge >= 0.3 is 6.09 Å². The third kappa shape index (κ3) is 5.15. The third-order valence-electron chi connectivity index (χ3n) is 4.29. The third-order valence-corrected chi connectivity index (χ3v) is 4.29. The van der Waals surface area contributed by atoms with Crippen LogP contribution >= 0.6 is 0 Å². The Kier molecular flexibility index (Phi) is 4.83. The van der Waals surface area contributed by atoms with E-state index in [-0.39, 0.29) is 17.7 Å². The molecular formula is C16H30N2O3. The first-order valence-corrected chi connectivity index (χ1v) is 8.10. The van der Waals surface area contributed by atoms with E-state index in [0.29, 0.717) is 12.1 Å². The van der Waals surface area contributed by atoms with Gasteiger partial charge in [0.15, 0.2) is 0 Å². The van der Waals surface area contributed by atoms with E-state index in [0.717, 1.165) is 32.3 Å². The number of carbonyl (C=O) groups is 1. The van der Waals surface area contributed by atoms with Gasteiger partial charge in [-0.1, -0.05) is 6.92 Å². The summed E-state index contributed by atoms with van der Waals surface area (Å²) in [5, 5.41) is 6.58. The smallest absolute Gasteiger partial charge is 0.407 e. The molecular weight excluding hydrogens is 268 g/mol. The molecule has 1 heterocycles. The van der Waals surface area contributed by atoms with E-state index in [1.165, 1.54) is 0 Å². The summed E-state index contributed by atoms with van der Waals surface area (Å²) in [6, 6.07) is 1.07.